The second-order valence-corrected chi connectivity index (χ2v) is 10.6. The van der Waals surface area contributed by atoms with Gasteiger partial charge >= 0.3 is 0 Å². The molecule has 2 aromatic rings. The summed E-state index contributed by atoms with van der Waals surface area (Å²) in [6.07, 6.45) is 4.13. The van der Waals surface area contributed by atoms with Crippen molar-refractivity contribution in [1.29, 1.82) is 0 Å². The minimum absolute atomic E-state index is 0.00805. The molecule has 0 radical (unpaired) electrons. The quantitative estimate of drug-likeness (QED) is 0.143. The summed E-state index contributed by atoms with van der Waals surface area (Å²) in [7, 11) is -4.32. The fraction of sp³-hybridized carbons (Fsp3) is 0.400. The number of phenolic OH excluding ortho intramolecular Hbond substituents is 1. The van der Waals surface area contributed by atoms with Crippen molar-refractivity contribution >= 4 is 16.1 Å². The van der Waals surface area contributed by atoms with Crippen molar-refractivity contribution in [2.75, 3.05) is 6.73 Å². The van der Waals surface area contributed by atoms with E-state index >= 15 is 0 Å². The first-order valence-electron chi connectivity index (χ1n) is 11.5. The smallest absolute Gasteiger partial charge is 0.268 e. The number of aryl methyl sites for hydroxylation is 1. The highest BCUT2D eigenvalue weighted by atomic mass is 32.2. The van der Waals surface area contributed by atoms with E-state index in [-0.39, 0.29) is 43.1 Å². The molecule has 7 N–H and O–H groups in total. The number of aliphatic imine (C=N–C) groups is 1. The topological polar surface area (TPSA) is 168 Å². The number of fused-ring (bicyclic) bond motifs is 1. The molecule has 0 amide bonds. The van der Waals surface area contributed by atoms with Crippen LogP contribution >= 0.6 is 0 Å². The van der Waals surface area contributed by atoms with Crippen LogP contribution in [0, 0.1) is 5.92 Å². The van der Waals surface area contributed by atoms with Gasteiger partial charge in [0.1, 0.15) is 11.5 Å². The number of aliphatic hydroxyl groups is 1. The van der Waals surface area contributed by atoms with E-state index in [1.54, 1.807) is 18.2 Å². The summed E-state index contributed by atoms with van der Waals surface area (Å²) >= 11 is 0. The van der Waals surface area contributed by atoms with Crippen molar-refractivity contribution in [3.8, 4) is 11.5 Å². The lowest BCUT2D eigenvalue weighted by atomic mass is 9.73. The number of ether oxygens (including phenoxy) is 1. The third kappa shape index (κ3) is 7.45. The predicted octanol–water partition coefficient (Wildman–Crippen LogP) is 2.99. The third-order valence-corrected chi connectivity index (χ3v) is 7.67. The van der Waals surface area contributed by atoms with Gasteiger partial charge in [0, 0.05) is 0 Å². The Balaban J connectivity index is 1.73. The van der Waals surface area contributed by atoms with Crippen molar-refractivity contribution in [2.45, 2.75) is 49.9 Å². The first-order valence-corrected chi connectivity index (χ1v) is 13.0. The molecule has 35 heavy (non-hydrogen) atoms. The molecule has 0 unspecified atom stereocenters. The fourth-order valence-corrected chi connectivity index (χ4v) is 5.25. The SMILES string of the molecule is C[C@H]1CCc2cc(OCN=C(N)N)ccc2[C@H]1C[C@H](CC=C[C@@H](O)c1ccc(O)cc1)S(=O)(=O)O. The van der Waals surface area contributed by atoms with E-state index in [1.165, 1.54) is 18.2 Å². The second-order valence-electron chi connectivity index (χ2n) is 8.91. The molecule has 1 aliphatic rings. The van der Waals surface area contributed by atoms with Gasteiger partial charge in [-0.3, -0.25) is 4.55 Å². The number of hydrogen-bond donors (Lipinski definition) is 5. The highest BCUT2D eigenvalue weighted by Gasteiger charge is 2.33. The van der Waals surface area contributed by atoms with Gasteiger partial charge in [0.05, 0.1) is 11.4 Å². The van der Waals surface area contributed by atoms with E-state index in [0.717, 1.165) is 24.0 Å². The Kier molecular flexibility index (Phi) is 8.76. The van der Waals surface area contributed by atoms with Crippen LogP contribution in [-0.4, -0.2) is 41.1 Å². The molecule has 0 bridgehead atoms. The Morgan fingerprint density at radius 2 is 1.94 bits per heavy atom. The summed E-state index contributed by atoms with van der Waals surface area (Å²) < 4.78 is 39.9. The van der Waals surface area contributed by atoms with Crippen LogP contribution in [0.15, 0.2) is 59.6 Å². The molecule has 0 aromatic heterocycles. The van der Waals surface area contributed by atoms with Crippen LogP contribution in [0.4, 0.5) is 0 Å². The maximum Gasteiger partial charge on any atom is 0.268 e. The molecule has 0 aliphatic heterocycles. The van der Waals surface area contributed by atoms with Gasteiger partial charge in [-0.15, -0.1) is 0 Å². The minimum Gasteiger partial charge on any atom is -0.508 e. The van der Waals surface area contributed by atoms with Crippen molar-refractivity contribution in [3.63, 3.8) is 0 Å². The fourth-order valence-electron chi connectivity index (χ4n) is 4.45. The largest absolute Gasteiger partial charge is 0.508 e. The Hall–Kier alpha value is -3.08. The predicted molar refractivity (Wildman–Crippen MR) is 135 cm³/mol. The Labute approximate surface area is 205 Å². The number of aromatic hydroxyl groups is 1. The monoisotopic (exact) mass is 503 g/mol. The average molecular weight is 504 g/mol. The van der Waals surface area contributed by atoms with Crippen molar-refractivity contribution < 1.29 is 27.9 Å². The number of benzene rings is 2. The lowest BCUT2D eigenvalue weighted by molar-refractivity contribution is 0.228. The molecule has 10 heteroatoms. The summed E-state index contributed by atoms with van der Waals surface area (Å²) in [5.41, 5.74) is 13.3. The zero-order chi connectivity index (χ0) is 25.6. The number of allylic oxidation sites excluding steroid dienone is 1. The maximum atomic E-state index is 12.2. The van der Waals surface area contributed by atoms with E-state index in [4.69, 9.17) is 16.2 Å². The number of hydrogen-bond acceptors (Lipinski definition) is 6. The van der Waals surface area contributed by atoms with E-state index in [2.05, 4.69) is 11.9 Å². The molecule has 0 saturated heterocycles. The number of nitrogens with two attached hydrogens (primary N) is 2. The first kappa shape index (κ1) is 26.5. The van der Waals surface area contributed by atoms with Crippen LogP contribution in [0.2, 0.25) is 0 Å². The van der Waals surface area contributed by atoms with Crippen LogP contribution < -0.4 is 16.2 Å². The molecule has 1 aliphatic carbocycles. The summed E-state index contributed by atoms with van der Waals surface area (Å²) in [5.74, 6) is 0.822. The molecule has 4 atom stereocenters. The average Bonchev–Trinajstić information content (AvgIpc) is 2.79. The van der Waals surface area contributed by atoms with Crippen LogP contribution in [0.25, 0.3) is 0 Å². The summed E-state index contributed by atoms with van der Waals surface area (Å²) in [5, 5.41) is 18.7. The van der Waals surface area contributed by atoms with Gasteiger partial charge in [-0.1, -0.05) is 37.3 Å². The molecular weight excluding hydrogens is 470 g/mol. The van der Waals surface area contributed by atoms with Gasteiger partial charge in [0.25, 0.3) is 10.1 Å². The second kappa shape index (κ2) is 11.6. The molecule has 0 heterocycles. The van der Waals surface area contributed by atoms with Crippen LogP contribution in [-0.2, 0) is 16.5 Å². The highest BCUT2D eigenvalue weighted by molar-refractivity contribution is 7.86. The van der Waals surface area contributed by atoms with E-state index < -0.39 is 21.5 Å². The molecule has 0 saturated carbocycles. The molecule has 0 fully saturated rings. The molecule has 2 aromatic carbocycles. The van der Waals surface area contributed by atoms with Gasteiger partial charge in [0.2, 0.25) is 0 Å². The van der Waals surface area contributed by atoms with Gasteiger partial charge in [-0.25, -0.2) is 4.99 Å². The number of rotatable bonds is 10. The minimum atomic E-state index is -4.32. The zero-order valence-electron chi connectivity index (χ0n) is 19.6. The van der Waals surface area contributed by atoms with Crippen molar-refractivity contribution in [1.82, 2.24) is 0 Å². The lowest BCUT2D eigenvalue weighted by Crippen LogP contribution is -2.28. The molecular formula is C25H33N3O6S. The number of guanidine groups is 1. The van der Waals surface area contributed by atoms with Gasteiger partial charge < -0.3 is 26.4 Å². The molecule has 0 spiro atoms. The molecule has 3 rings (SSSR count). The summed E-state index contributed by atoms with van der Waals surface area (Å²) in [6.45, 7) is 2.09. The molecule has 9 nitrogen and oxygen atoms in total. The Bertz CT molecular complexity index is 1160. The van der Waals surface area contributed by atoms with E-state index in [0.29, 0.717) is 11.3 Å². The van der Waals surface area contributed by atoms with E-state index in [1.807, 2.05) is 18.2 Å². The Morgan fingerprint density at radius 1 is 1.23 bits per heavy atom. The standard InChI is InChI=1S/C25H33N3O6S/c1-16-5-6-18-13-20(34-15-28-25(26)27)11-12-22(18)23(16)14-21(35(31,32)33)3-2-4-24(30)17-7-9-19(29)10-8-17/h2,4,7-13,16,21,23-24,29-30H,3,5-6,14-15H2,1H3,(H4,26,27,28)(H,31,32,33)/t16-,21-,23-,24+/m0/s1. The maximum absolute atomic E-state index is 12.2. The van der Waals surface area contributed by atoms with Crippen LogP contribution in [0.5, 0.6) is 11.5 Å². The zero-order valence-corrected chi connectivity index (χ0v) is 20.4. The Morgan fingerprint density at radius 3 is 2.60 bits per heavy atom. The highest BCUT2D eigenvalue weighted by Crippen LogP contribution is 2.41. The lowest BCUT2D eigenvalue weighted by Gasteiger charge is -2.33. The van der Waals surface area contributed by atoms with Gasteiger partial charge in [-0.2, -0.15) is 8.42 Å². The molecule has 190 valence electrons. The number of phenols is 1. The third-order valence-electron chi connectivity index (χ3n) is 6.44. The number of aliphatic hydroxyl groups excluding tert-OH is 1. The van der Waals surface area contributed by atoms with Gasteiger partial charge in [-0.05, 0) is 78.5 Å². The van der Waals surface area contributed by atoms with Crippen LogP contribution in [0.3, 0.4) is 0 Å². The first-order chi connectivity index (χ1) is 16.5. The van der Waals surface area contributed by atoms with Crippen molar-refractivity contribution in [2.24, 2.45) is 22.4 Å². The van der Waals surface area contributed by atoms with Crippen LogP contribution in [0.1, 0.15) is 54.9 Å². The number of nitrogens with zero attached hydrogens (tertiary/aromatic N) is 1. The van der Waals surface area contributed by atoms with Crippen molar-refractivity contribution in [3.05, 3.63) is 71.3 Å². The summed E-state index contributed by atoms with van der Waals surface area (Å²) in [4.78, 5) is 3.81. The van der Waals surface area contributed by atoms with E-state index in [9.17, 15) is 23.2 Å². The normalized spacial score (nSPS) is 19.6. The summed E-state index contributed by atoms with van der Waals surface area (Å²) in [6, 6.07) is 11.8. The van der Waals surface area contributed by atoms with Gasteiger partial charge in [0.15, 0.2) is 12.7 Å².